The number of aromatic carboxylic acids is 1. The molecule has 0 saturated heterocycles. The molecule has 0 radical (unpaired) electrons. The summed E-state index contributed by atoms with van der Waals surface area (Å²) in [6.45, 7) is 0. The Morgan fingerprint density at radius 2 is 2.17 bits per heavy atom. The molecular weight excluding hydrogens is 257 g/mol. The van der Waals surface area contributed by atoms with Gasteiger partial charge in [0.2, 0.25) is 5.76 Å². The highest BCUT2D eigenvalue weighted by atomic mass is 32.2. The highest BCUT2D eigenvalue weighted by molar-refractivity contribution is 7.98. The monoisotopic (exact) mass is 267 g/mol. The summed E-state index contributed by atoms with van der Waals surface area (Å²) in [5.41, 5.74) is 6.17. The van der Waals surface area contributed by atoms with Gasteiger partial charge in [0, 0.05) is 10.6 Å². The number of hydrogen-bond donors (Lipinski definition) is 2. The van der Waals surface area contributed by atoms with Crippen molar-refractivity contribution in [3.8, 4) is 0 Å². The van der Waals surface area contributed by atoms with Gasteiger partial charge in [-0.15, -0.1) is 11.8 Å². The number of rotatable bonds is 4. The number of anilines is 1. The van der Waals surface area contributed by atoms with E-state index in [4.69, 9.17) is 15.3 Å². The molecular formula is C12H10FNO3S. The number of carboxylic acid groups (broad SMARTS) is 1. The fourth-order valence-corrected chi connectivity index (χ4v) is 2.24. The summed E-state index contributed by atoms with van der Waals surface area (Å²) >= 11 is 1.29. The van der Waals surface area contributed by atoms with E-state index in [1.807, 2.05) is 0 Å². The lowest BCUT2D eigenvalue weighted by Gasteiger charge is -2.03. The highest BCUT2D eigenvalue weighted by Crippen LogP contribution is 2.29. The number of thioether (sulfide) groups is 1. The molecule has 0 fully saturated rings. The van der Waals surface area contributed by atoms with Crippen LogP contribution in [0.15, 0.2) is 39.6 Å². The van der Waals surface area contributed by atoms with E-state index >= 15 is 0 Å². The van der Waals surface area contributed by atoms with Crippen LogP contribution in [-0.4, -0.2) is 11.1 Å². The molecule has 0 atom stereocenters. The third-order valence-corrected chi connectivity index (χ3v) is 3.31. The zero-order valence-electron chi connectivity index (χ0n) is 9.22. The summed E-state index contributed by atoms with van der Waals surface area (Å²) in [5, 5.41) is 8.69. The van der Waals surface area contributed by atoms with Crippen LogP contribution < -0.4 is 5.73 Å². The van der Waals surface area contributed by atoms with Crippen molar-refractivity contribution >= 4 is 23.4 Å². The van der Waals surface area contributed by atoms with Gasteiger partial charge in [0.1, 0.15) is 11.6 Å². The Morgan fingerprint density at radius 1 is 1.39 bits per heavy atom. The summed E-state index contributed by atoms with van der Waals surface area (Å²) in [6, 6.07) is 7.07. The molecule has 1 aromatic carbocycles. The summed E-state index contributed by atoms with van der Waals surface area (Å²) in [4.78, 5) is 11.2. The van der Waals surface area contributed by atoms with Crippen molar-refractivity contribution in [1.29, 1.82) is 0 Å². The molecule has 94 valence electrons. The van der Waals surface area contributed by atoms with Crippen LogP contribution in [-0.2, 0) is 5.75 Å². The quantitative estimate of drug-likeness (QED) is 0.657. The maximum Gasteiger partial charge on any atom is 0.371 e. The van der Waals surface area contributed by atoms with E-state index in [-0.39, 0.29) is 11.6 Å². The molecule has 2 rings (SSSR count). The predicted molar refractivity (Wildman–Crippen MR) is 66.0 cm³/mol. The second kappa shape index (κ2) is 5.14. The standard InChI is InChI=1S/C12H10FNO3S/c13-7-1-3-9(14)11(5-7)18-6-8-2-4-10(17-8)12(15)16/h1-5H,6,14H2,(H,15,16). The normalized spacial score (nSPS) is 10.5. The Bertz CT molecular complexity index is 582. The maximum absolute atomic E-state index is 13.0. The molecule has 3 N–H and O–H groups in total. The summed E-state index contributed by atoms with van der Waals surface area (Å²) in [7, 11) is 0. The maximum atomic E-state index is 13.0. The van der Waals surface area contributed by atoms with Crippen LogP contribution in [0.2, 0.25) is 0 Å². The molecule has 0 aliphatic rings. The Morgan fingerprint density at radius 3 is 2.83 bits per heavy atom. The Hall–Kier alpha value is -1.95. The molecule has 1 heterocycles. The van der Waals surface area contributed by atoms with Gasteiger partial charge in [-0.25, -0.2) is 9.18 Å². The largest absolute Gasteiger partial charge is 0.475 e. The lowest BCUT2D eigenvalue weighted by atomic mass is 10.3. The van der Waals surface area contributed by atoms with Crippen molar-refractivity contribution in [2.75, 3.05) is 5.73 Å². The average Bonchev–Trinajstić information content (AvgIpc) is 2.79. The number of halogens is 1. The molecule has 6 heteroatoms. The number of furan rings is 1. The summed E-state index contributed by atoms with van der Waals surface area (Å²) in [6.07, 6.45) is 0. The minimum atomic E-state index is -1.11. The van der Waals surface area contributed by atoms with Crippen molar-refractivity contribution in [2.45, 2.75) is 10.6 Å². The second-order valence-electron chi connectivity index (χ2n) is 3.54. The molecule has 0 bridgehead atoms. The zero-order chi connectivity index (χ0) is 13.1. The molecule has 1 aromatic heterocycles. The van der Waals surface area contributed by atoms with Crippen LogP contribution in [0.1, 0.15) is 16.3 Å². The van der Waals surface area contributed by atoms with E-state index < -0.39 is 5.97 Å². The molecule has 18 heavy (non-hydrogen) atoms. The van der Waals surface area contributed by atoms with Gasteiger partial charge in [0.05, 0.1) is 5.75 Å². The minimum absolute atomic E-state index is 0.113. The summed E-state index contributed by atoms with van der Waals surface area (Å²) < 4.78 is 18.1. The van der Waals surface area contributed by atoms with Crippen molar-refractivity contribution in [3.05, 3.63) is 47.7 Å². The number of nitrogens with two attached hydrogens (primary N) is 1. The Labute approximate surface area is 107 Å². The fourth-order valence-electron chi connectivity index (χ4n) is 1.35. The second-order valence-corrected chi connectivity index (χ2v) is 4.56. The van der Waals surface area contributed by atoms with Gasteiger partial charge in [-0.1, -0.05) is 0 Å². The van der Waals surface area contributed by atoms with Crippen LogP contribution in [0.3, 0.4) is 0 Å². The zero-order valence-corrected chi connectivity index (χ0v) is 10.0. The SMILES string of the molecule is Nc1ccc(F)cc1SCc1ccc(C(=O)O)o1. The van der Waals surface area contributed by atoms with E-state index in [2.05, 4.69) is 0 Å². The Kier molecular flexibility index (Phi) is 3.57. The van der Waals surface area contributed by atoms with Crippen molar-refractivity contribution in [2.24, 2.45) is 0 Å². The van der Waals surface area contributed by atoms with E-state index in [0.29, 0.717) is 22.1 Å². The minimum Gasteiger partial charge on any atom is -0.475 e. The van der Waals surface area contributed by atoms with Crippen LogP contribution in [0.25, 0.3) is 0 Å². The molecule has 0 unspecified atom stereocenters. The smallest absolute Gasteiger partial charge is 0.371 e. The number of benzene rings is 1. The van der Waals surface area contributed by atoms with E-state index in [9.17, 15) is 9.18 Å². The molecule has 0 amide bonds. The van der Waals surface area contributed by atoms with E-state index in [0.717, 1.165) is 0 Å². The molecule has 4 nitrogen and oxygen atoms in total. The lowest BCUT2D eigenvalue weighted by molar-refractivity contribution is 0.0661. The summed E-state index contributed by atoms with van der Waals surface area (Å²) in [5.74, 6) is -0.700. The molecule has 0 aliphatic carbocycles. The van der Waals surface area contributed by atoms with Crippen LogP contribution >= 0.6 is 11.8 Å². The van der Waals surface area contributed by atoms with E-state index in [1.165, 1.54) is 36.0 Å². The van der Waals surface area contributed by atoms with Crippen molar-refractivity contribution < 1.29 is 18.7 Å². The van der Waals surface area contributed by atoms with Gasteiger partial charge < -0.3 is 15.3 Å². The van der Waals surface area contributed by atoms with Crippen LogP contribution in [0.4, 0.5) is 10.1 Å². The topological polar surface area (TPSA) is 76.5 Å². The first kappa shape index (κ1) is 12.5. The van der Waals surface area contributed by atoms with Crippen LogP contribution in [0, 0.1) is 5.82 Å². The van der Waals surface area contributed by atoms with Crippen molar-refractivity contribution in [1.82, 2.24) is 0 Å². The lowest BCUT2D eigenvalue weighted by Crippen LogP contribution is -1.92. The van der Waals surface area contributed by atoms with Gasteiger partial charge in [-0.3, -0.25) is 0 Å². The number of nitrogen functional groups attached to an aromatic ring is 1. The third-order valence-electron chi connectivity index (χ3n) is 2.22. The molecule has 0 spiro atoms. The van der Waals surface area contributed by atoms with Gasteiger partial charge in [0.25, 0.3) is 0 Å². The molecule has 0 saturated carbocycles. The third kappa shape index (κ3) is 2.84. The fraction of sp³-hybridized carbons (Fsp3) is 0.0833. The van der Waals surface area contributed by atoms with Crippen molar-refractivity contribution in [3.63, 3.8) is 0 Å². The predicted octanol–water partition coefficient (Wildman–Crippen LogP) is 2.99. The van der Waals surface area contributed by atoms with Gasteiger partial charge in [0.15, 0.2) is 0 Å². The van der Waals surface area contributed by atoms with Crippen LogP contribution in [0.5, 0.6) is 0 Å². The Balaban J connectivity index is 2.06. The highest BCUT2D eigenvalue weighted by Gasteiger charge is 2.10. The van der Waals surface area contributed by atoms with E-state index in [1.54, 1.807) is 6.07 Å². The number of carboxylic acids is 1. The van der Waals surface area contributed by atoms with Gasteiger partial charge >= 0.3 is 5.97 Å². The van der Waals surface area contributed by atoms with Gasteiger partial charge in [-0.05, 0) is 30.3 Å². The van der Waals surface area contributed by atoms with Gasteiger partial charge in [-0.2, -0.15) is 0 Å². The first-order chi connectivity index (χ1) is 8.56. The first-order valence-electron chi connectivity index (χ1n) is 5.06. The molecule has 2 aromatic rings. The average molecular weight is 267 g/mol. The number of carbonyl (C=O) groups is 1. The first-order valence-corrected chi connectivity index (χ1v) is 6.04. The molecule has 0 aliphatic heterocycles. The number of hydrogen-bond acceptors (Lipinski definition) is 4.